The lowest BCUT2D eigenvalue weighted by Crippen LogP contribution is -2.14. The number of nitrogens with zero attached hydrogens (tertiary/aromatic N) is 1. The lowest BCUT2D eigenvalue weighted by molar-refractivity contribution is 0.0478. The van der Waals surface area contributed by atoms with Crippen LogP contribution in [0.25, 0.3) is 0 Å². The van der Waals surface area contributed by atoms with Gasteiger partial charge in [0, 0.05) is 10.6 Å². The third-order valence-electron chi connectivity index (χ3n) is 3.63. The van der Waals surface area contributed by atoms with Crippen LogP contribution in [0.15, 0.2) is 54.6 Å². The molecular weight excluding hydrogens is 386 g/mol. The molecule has 0 aliphatic carbocycles. The molecule has 138 valence electrons. The summed E-state index contributed by atoms with van der Waals surface area (Å²) in [7, 11) is 0. The first kappa shape index (κ1) is 19.1. The van der Waals surface area contributed by atoms with Gasteiger partial charge in [-0.3, -0.25) is 4.79 Å². The molecule has 0 amide bonds. The summed E-state index contributed by atoms with van der Waals surface area (Å²) in [5, 5.41) is 1.27. The Labute approximate surface area is 165 Å². The number of thiazole rings is 1. The van der Waals surface area contributed by atoms with Crippen molar-refractivity contribution in [3.05, 3.63) is 80.8 Å². The Hall–Kier alpha value is -2.70. The summed E-state index contributed by atoms with van der Waals surface area (Å²) in [6.07, 6.45) is 0. The van der Waals surface area contributed by atoms with Crippen LogP contribution in [0, 0.1) is 6.92 Å². The van der Waals surface area contributed by atoms with Crippen LogP contribution in [0.2, 0.25) is 5.02 Å². The average molecular weight is 402 g/mol. The molecule has 7 heteroatoms. The van der Waals surface area contributed by atoms with Gasteiger partial charge in [-0.15, -0.1) is 11.3 Å². The van der Waals surface area contributed by atoms with E-state index < -0.39 is 5.97 Å². The Morgan fingerprint density at radius 2 is 1.78 bits per heavy atom. The van der Waals surface area contributed by atoms with Crippen LogP contribution in [0.5, 0.6) is 5.75 Å². The normalized spacial score (nSPS) is 10.4. The second-order valence-corrected chi connectivity index (χ2v) is 7.15. The summed E-state index contributed by atoms with van der Waals surface area (Å²) in [6.45, 7) is 1.64. The molecule has 1 heterocycles. The molecule has 2 aromatic carbocycles. The van der Waals surface area contributed by atoms with E-state index in [1.54, 1.807) is 55.5 Å². The molecule has 27 heavy (non-hydrogen) atoms. The van der Waals surface area contributed by atoms with E-state index in [1.807, 2.05) is 6.07 Å². The highest BCUT2D eigenvalue weighted by Crippen LogP contribution is 2.22. The number of benzene rings is 2. The van der Waals surface area contributed by atoms with Crippen LogP contribution in [0.4, 0.5) is 0 Å². The van der Waals surface area contributed by atoms with Gasteiger partial charge in [0.2, 0.25) is 0 Å². The Balaban J connectivity index is 1.57. The second-order valence-electron chi connectivity index (χ2n) is 5.63. The Kier molecular flexibility index (Phi) is 6.21. The van der Waals surface area contributed by atoms with Gasteiger partial charge in [0.1, 0.15) is 22.2 Å². The number of hydrogen-bond acceptors (Lipinski definition) is 6. The van der Waals surface area contributed by atoms with Crippen molar-refractivity contribution in [2.75, 3.05) is 6.61 Å². The highest BCUT2D eigenvalue weighted by Gasteiger charge is 2.18. The van der Waals surface area contributed by atoms with E-state index in [-0.39, 0.29) is 19.0 Å². The smallest absolute Gasteiger partial charge is 0.350 e. The maximum atomic E-state index is 12.3. The zero-order valence-electron chi connectivity index (χ0n) is 14.5. The molecule has 0 aliphatic rings. The number of Topliss-reactive ketones (excluding diaryl/α,β-unsaturated/α-hetero) is 1. The number of carbonyl (C=O) groups excluding carboxylic acids is 2. The third kappa shape index (κ3) is 5.15. The van der Waals surface area contributed by atoms with Crippen LogP contribution < -0.4 is 4.74 Å². The van der Waals surface area contributed by atoms with E-state index >= 15 is 0 Å². The minimum atomic E-state index is -0.563. The molecule has 0 saturated heterocycles. The quantitative estimate of drug-likeness (QED) is 0.423. The number of halogens is 1. The first-order valence-electron chi connectivity index (χ1n) is 8.13. The molecule has 0 N–H and O–H groups in total. The van der Waals surface area contributed by atoms with Gasteiger partial charge < -0.3 is 9.47 Å². The van der Waals surface area contributed by atoms with Crippen LogP contribution in [-0.4, -0.2) is 23.3 Å². The van der Waals surface area contributed by atoms with Gasteiger partial charge in [0.05, 0.1) is 5.69 Å². The van der Waals surface area contributed by atoms with E-state index in [0.717, 1.165) is 0 Å². The van der Waals surface area contributed by atoms with Crippen LogP contribution in [0.1, 0.15) is 30.7 Å². The molecule has 0 aliphatic heterocycles. The number of hydrogen-bond donors (Lipinski definition) is 0. The van der Waals surface area contributed by atoms with Crippen molar-refractivity contribution in [2.24, 2.45) is 0 Å². The molecule has 0 fully saturated rings. The van der Waals surface area contributed by atoms with Gasteiger partial charge in [0.25, 0.3) is 0 Å². The molecule has 5 nitrogen and oxygen atoms in total. The van der Waals surface area contributed by atoms with E-state index in [1.165, 1.54) is 11.3 Å². The Morgan fingerprint density at radius 3 is 2.48 bits per heavy atom. The van der Waals surface area contributed by atoms with E-state index in [0.29, 0.717) is 31.9 Å². The summed E-state index contributed by atoms with van der Waals surface area (Å²) in [5.74, 6) is -0.158. The zero-order valence-corrected chi connectivity index (χ0v) is 16.0. The van der Waals surface area contributed by atoms with Gasteiger partial charge >= 0.3 is 5.97 Å². The first-order chi connectivity index (χ1) is 13.0. The van der Waals surface area contributed by atoms with Gasteiger partial charge in [-0.25, -0.2) is 9.78 Å². The first-order valence-corrected chi connectivity index (χ1v) is 9.32. The molecule has 0 unspecified atom stereocenters. The van der Waals surface area contributed by atoms with Crippen LogP contribution >= 0.6 is 22.9 Å². The lowest BCUT2D eigenvalue weighted by Gasteiger charge is -2.03. The molecule has 3 rings (SSSR count). The highest BCUT2D eigenvalue weighted by atomic mass is 35.5. The largest absolute Gasteiger partial charge is 0.486 e. The summed E-state index contributed by atoms with van der Waals surface area (Å²) in [4.78, 5) is 29.0. The SMILES string of the molecule is Cc1nc(COc2ccc(Cl)cc2)sc1C(=O)OCC(=O)c1ccccc1. The van der Waals surface area contributed by atoms with Crippen LogP contribution in [0.3, 0.4) is 0 Å². The minimum absolute atomic E-state index is 0.226. The lowest BCUT2D eigenvalue weighted by atomic mass is 10.1. The maximum Gasteiger partial charge on any atom is 0.350 e. The standard InChI is InChI=1S/C20H16ClNO4S/c1-13-19(20(24)26-11-17(23)14-5-3-2-4-6-14)27-18(22-13)12-25-16-9-7-15(21)8-10-16/h2-10H,11-12H2,1H3. The molecule has 0 spiro atoms. The molecule has 0 saturated carbocycles. The number of esters is 1. The maximum absolute atomic E-state index is 12.3. The fraction of sp³-hybridized carbons (Fsp3) is 0.150. The van der Waals surface area contributed by atoms with Gasteiger partial charge in [-0.1, -0.05) is 41.9 Å². The monoisotopic (exact) mass is 401 g/mol. The van der Waals surface area contributed by atoms with Crippen molar-refractivity contribution in [3.8, 4) is 5.75 Å². The summed E-state index contributed by atoms with van der Waals surface area (Å²) >= 11 is 7.03. The Bertz CT molecular complexity index is 938. The highest BCUT2D eigenvalue weighted by molar-refractivity contribution is 7.13. The van der Waals surface area contributed by atoms with Crippen molar-refractivity contribution in [1.82, 2.24) is 4.98 Å². The molecule has 0 radical (unpaired) electrons. The van der Waals surface area contributed by atoms with Gasteiger partial charge in [-0.2, -0.15) is 0 Å². The molecule has 3 aromatic rings. The fourth-order valence-corrected chi connectivity index (χ4v) is 3.28. The number of ether oxygens (including phenoxy) is 2. The topological polar surface area (TPSA) is 65.5 Å². The zero-order chi connectivity index (χ0) is 19.2. The Morgan fingerprint density at radius 1 is 1.07 bits per heavy atom. The average Bonchev–Trinajstić information content (AvgIpc) is 3.07. The third-order valence-corrected chi connectivity index (χ3v) is 5.00. The number of carbonyl (C=O) groups is 2. The fourth-order valence-electron chi connectivity index (χ4n) is 2.28. The van der Waals surface area contributed by atoms with E-state index in [9.17, 15) is 9.59 Å². The number of rotatable bonds is 7. The number of ketones is 1. The second kappa shape index (κ2) is 8.79. The summed E-state index contributed by atoms with van der Waals surface area (Å²) < 4.78 is 10.8. The molecular formula is C20H16ClNO4S. The van der Waals surface area contributed by atoms with Gasteiger partial charge in [-0.05, 0) is 31.2 Å². The van der Waals surface area contributed by atoms with E-state index in [4.69, 9.17) is 21.1 Å². The van der Waals surface area contributed by atoms with Crippen molar-refractivity contribution in [1.29, 1.82) is 0 Å². The van der Waals surface area contributed by atoms with Crippen molar-refractivity contribution in [3.63, 3.8) is 0 Å². The number of aryl methyl sites for hydroxylation is 1. The number of aromatic nitrogens is 1. The summed E-state index contributed by atoms with van der Waals surface area (Å²) in [6, 6.07) is 15.7. The predicted molar refractivity (Wildman–Crippen MR) is 104 cm³/mol. The molecule has 1 aromatic heterocycles. The predicted octanol–water partition coefficient (Wildman–Crippen LogP) is 4.72. The molecule has 0 atom stereocenters. The molecule has 0 bridgehead atoms. The summed E-state index contributed by atoms with van der Waals surface area (Å²) in [5.41, 5.74) is 1.05. The van der Waals surface area contributed by atoms with Gasteiger partial charge in [0.15, 0.2) is 12.4 Å². The van der Waals surface area contributed by atoms with Crippen molar-refractivity contribution in [2.45, 2.75) is 13.5 Å². The van der Waals surface area contributed by atoms with Crippen LogP contribution in [-0.2, 0) is 11.3 Å². The minimum Gasteiger partial charge on any atom is -0.486 e. The van der Waals surface area contributed by atoms with Crippen molar-refractivity contribution < 1.29 is 19.1 Å². The van der Waals surface area contributed by atoms with Crippen molar-refractivity contribution >= 4 is 34.7 Å². The van der Waals surface area contributed by atoms with E-state index in [2.05, 4.69) is 4.98 Å².